The van der Waals surface area contributed by atoms with Gasteiger partial charge >= 0.3 is 17.9 Å². The van der Waals surface area contributed by atoms with E-state index in [1.54, 1.807) is 43.3 Å². The van der Waals surface area contributed by atoms with Crippen LogP contribution in [-0.2, 0) is 14.3 Å². The maximum atomic E-state index is 12.7. The van der Waals surface area contributed by atoms with Crippen molar-refractivity contribution in [1.82, 2.24) is 0 Å². The van der Waals surface area contributed by atoms with Gasteiger partial charge in [0.15, 0.2) is 0 Å². The lowest BCUT2D eigenvalue weighted by Gasteiger charge is -2.10. The molecule has 1 aliphatic rings. The first-order valence-corrected chi connectivity index (χ1v) is 12.2. The van der Waals surface area contributed by atoms with Crippen molar-refractivity contribution in [2.24, 2.45) is 0 Å². The third-order valence-corrected chi connectivity index (χ3v) is 6.16. The number of benzene rings is 3. The summed E-state index contributed by atoms with van der Waals surface area (Å²) in [7, 11) is 0. The van der Waals surface area contributed by atoms with Crippen LogP contribution in [0.3, 0.4) is 0 Å². The molecule has 194 valence electrons. The van der Waals surface area contributed by atoms with E-state index in [1.165, 1.54) is 0 Å². The first-order chi connectivity index (χ1) is 18.3. The van der Waals surface area contributed by atoms with Gasteiger partial charge in [-0.2, -0.15) is 0 Å². The highest BCUT2D eigenvalue weighted by atomic mass is 16.5. The van der Waals surface area contributed by atoms with E-state index < -0.39 is 17.9 Å². The van der Waals surface area contributed by atoms with Crippen molar-refractivity contribution in [2.75, 3.05) is 13.2 Å². The van der Waals surface area contributed by atoms with Crippen LogP contribution in [0.25, 0.3) is 11.1 Å². The van der Waals surface area contributed by atoms with Crippen molar-refractivity contribution in [2.45, 2.75) is 26.2 Å². The highest BCUT2D eigenvalue weighted by Gasteiger charge is 2.27. The second kappa shape index (κ2) is 11.6. The number of esters is 3. The minimum absolute atomic E-state index is 0.0101. The Hall–Kier alpha value is -4.65. The number of fused-ring (bicyclic) bond motifs is 3. The quantitative estimate of drug-likeness (QED) is 0.105. The molecule has 1 aliphatic carbocycles. The predicted molar refractivity (Wildman–Crippen MR) is 142 cm³/mol. The van der Waals surface area contributed by atoms with Gasteiger partial charge in [0.2, 0.25) is 0 Å². The first kappa shape index (κ1) is 26.4. The van der Waals surface area contributed by atoms with Crippen LogP contribution in [0.2, 0.25) is 0 Å². The van der Waals surface area contributed by atoms with Crippen molar-refractivity contribution < 1.29 is 33.3 Å². The molecule has 0 bridgehead atoms. The van der Waals surface area contributed by atoms with E-state index in [9.17, 15) is 14.4 Å². The second-order valence-electron chi connectivity index (χ2n) is 8.88. The molecule has 3 aromatic carbocycles. The lowest BCUT2D eigenvalue weighted by atomic mass is 9.98. The van der Waals surface area contributed by atoms with Crippen molar-refractivity contribution in [1.29, 1.82) is 0 Å². The lowest BCUT2D eigenvalue weighted by Crippen LogP contribution is -2.10. The van der Waals surface area contributed by atoms with E-state index in [2.05, 4.69) is 13.2 Å². The maximum Gasteiger partial charge on any atom is 0.343 e. The molecule has 0 spiro atoms. The molecule has 0 N–H and O–H groups in total. The van der Waals surface area contributed by atoms with E-state index >= 15 is 0 Å². The standard InChI is InChI=1S/C31H28O7/c1-5-35-30(33)22-9-13-25-26-14-12-24(18-28(26)20(4)27(25)17-22)38-31(34)21-7-10-23(11-8-21)36-15-6-16-37-29(32)19(2)3/h5,7-14,17-18,20H,1-2,6,15-16H2,3-4H3. The van der Waals surface area contributed by atoms with Crippen LogP contribution in [0.15, 0.2) is 85.7 Å². The molecule has 0 aromatic heterocycles. The van der Waals surface area contributed by atoms with Gasteiger partial charge in [0.1, 0.15) is 11.5 Å². The number of ether oxygens (including phenoxy) is 4. The van der Waals surface area contributed by atoms with Crippen molar-refractivity contribution in [3.8, 4) is 22.6 Å². The van der Waals surface area contributed by atoms with Crippen LogP contribution in [0.1, 0.15) is 58.0 Å². The molecule has 0 radical (unpaired) electrons. The van der Waals surface area contributed by atoms with Crippen LogP contribution >= 0.6 is 0 Å². The maximum absolute atomic E-state index is 12.7. The zero-order valence-corrected chi connectivity index (χ0v) is 21.3. The summed E-state index contributed by atoms with van der Waals surface area (Å²) in [6, 6.07) is 17.6. The Labute approximate surface area is 221 Å². The smallest absolute Gasteiger partial charge is 0.343 e. The summed E-state index contributed by atoms with van der Waals surface area (Å²) >= 11 is 0. The molecule has 7 heteroatoms. The third-order valence-electron chi connectivity index (χ3n) is 6.16. The Bertz CT molecular complexity index is 1400. The fourth-order valence-electron chi connectivity index (χ4n) is 4.20. The molecule has 7 nitrogen and oxygen atoms in total. The van der Waals surface area contributed by atoms with Crippen LogP contribution in [0.4, 0.5) is 0 Å². The molecule has 3 aromatic rings. The molecule has 4 rings (SSSR count). The number of carbonyl (C=O) groups excluding carboxylic acids is 3. The van der Waals surface area contributed by atoms with Crippen molar-refractivity contribution in [3.05, 3.63) is 108 Å². The van der Waals surface area contributed by atoms with E-state index in [1.807, 2.05) is 31.2 Å². The van der Waals surface area contributed by atoms with E-state index in [-0.39, 0.29) is 12.5 Å². The SMILES string of the molecule is C=COC(=O)c1ccc2c(c1)C(C)c1cc(OC(=O)c3ccc(OCCCOC(=O)C(=C)C)cc3)ccc1-2. The van der Waals surface area contributed by atoms with Crippen molar-refractivity contribution >= 4 is 17.9 Å². The van der Waals surface area contributed by atoms with Gasteiger partial charge in [0.05, 0.1) is 30.6 Å². The molecular weight excluding hydrogens is 484 g/mol. The van der Waals surface area contributed by atoms with Crippen LogP contribution in [0, 0.1) is 0 Å². The predicted octanol–water partition coefficient (Wildman–Crippen LogP) is 6.23. The zero-order valence-electron chi connectivity index (χ0n) is 21.3. The Morgan fingerprint density at radius 2 is 1.47 bits per heavy atom. The fourth-order valence-corrected chi connectivity index (χ4v) is 4.20. The summed E-state index contributed by atoms with van der Waals surface area (Å²) in [5.41, 5.74) is 5.28. The number of hydrogen-bond donors (Lipinski definition) is 0. The largest absolute Gasteiger partial charge is 0.493 e. The first-order valence-electron chi connectivity index (χ1n) is 12.2. The van der Waals surface area contributed by atoms with Gasteiger partial charge in [0, 0.05) is 17.9 Å². The summed E-state index contributed by atoms with van der Waals surface area (Å²) in [5, 5.41) is 0. The summed E-state index contributed by atoms with van der Waals surface area (Å²) in [6.45, 7) is 11.2. The molecule has 1 atom stereocenters. The Morgan fingerprint density at radius 1 is 0.842 bits per heavy atom. The normalized spacial score (nSPS) is 13.1. The van der Waals surface area contributed by atoms with Gasteiger partial charge in [-0.05, 0) is 77.7 Å². The Morgan fingerprint density at radius 3 is 2.16 bits per heavy atom. The average Bonchev–Trinajstić information content (AvgIpc) is 3.19. The zero-order chi connectivity index (χ0) is 27.2. The van der Waals surface area contributed by atoms with Crippen molar-refractivity contribution in [3.63, 3.8) is 0 Å². The van der Waals surface area contributed by atoms with E-state index in [0.29, 0.717) is 41.2 Å². The van der Waals surface area contributed by atoms with Gasteiger partial charge in [-0.25, -0.2) is 14.4 Å². The van der Waals surface area contributed by atoms with Gasteiger partial charge in [-0.3, -0.25) is 0 Å². The summed E-state index contributed by atoms with van der Waals surface area (Å²) in [6.07, 6.45) is 1.64. The topological polar surface area (TPSA) is 88.1 Å². The molecule has 0 saturated carbocycles. The average molecular weight is 513 g/mol. The molecular formula is C31H28O7. The summed E-state index contributed by atoms with van der Waals surface area (Å²) < 4.78 is 21.2. The van der Waals surface area contributed by atoms with Crippen LogP contribution in [0.5, 0.6) is 11.5 Å². The van der Waals surface area contributed by atoms with Gasteiger partial charge < -0.3 is 18.9 Å². The lowest BCUT2D eigenvalue weighted by molar-refractivity contribution is -0.139. The molecule has 1 unspecified atom stereocenters. The number of rotatable bonds is 10. The highest BCUT2D eigenvalue weighted by molar-refractivity contribution is 5.93. The second-order valence-corrected chi connectivity index (χ2v) is 8.88. The highest BCUT2D eigenvalue weighted by Crippen LogP contribution is 2.46. The number of carbonyl (C=O) groups is 3. The monoisotopic (exact) mass is 512 g/mol. The van der Waals surface area contributed by atoms with Crippen LogP contribution in [-0.4, -0.2) is 31.1 Å². The third kappa shape index (κ3) is 5.83. The minimum Gasteiger partial charge on any atom is -0.493 e. The Kier molecular flexibility index (Phi) is 8.06. The molecule has 0 amide bonds. The summed E-state index contributed by atoms with van der Waals surface area (Å²) in [5.74, 6) is -0.328. The van der Waals surface area contributed by atoms with Crippen LogP contribution < -0.4 is 9.47 Å². The van der Waals surface area contributed by atoms with Gasteiger partial charge in [-0.15, -0.1) is 0 Å². The summed E-state index contributed by atoms with van der Waals surface area (Å²) in [4.78, 5) is 36.2. The van der Waals surface area contributed by atoms with Gasteiger partial charge in [0.25, 0.3) is 0 Å². The Balaban J connectivity index is 1.35. The molecule has 0 saturated heterocycles. The molecule has 0 heterocycles. The fraction of sp³-hybridized carbons (Fsp3) is 0.194. The molecule has 0 fully saturated rings. The minimum atomic E-state index is -0.485. The molecule has 0 aliphatic heterocycles. The van der Waals surface area contributed by atoms with E-state index in [4.69, 9.17) is 18.9 Å². The number of hydrogen-bond acceptors (Lipinski definition) is 7. The van der Waals surface area contributed by atoms with Gasteiger partial charge in [-0.1, -0.05) is 32.2 Å². The van der Waals surface area contributed by atoms with E-state index in [0.717, 1.165) is 28.5 Å². The molecule has 38 heavy (non-hydrogen) atoms.